The summed E-state index contributed by atoms with van der Waals surface area (Å²) < 4.78 is 17.8. The first kappa shape index (κ1) is 13.1. The molecule has 19 heavy (non-hydrogen) atoms. The summed E-state index contributed by atoms with van der Waals surface area (Å²) in [6.45, 7) is 3.74. The van der Waals surface area contributed by atoms with Crippen LogP contribution in [0.4, 0.5) is 5.82 Å². The minimum Gasteiger partial charge on any atom is -0.441 e. The molecule has 0 aliphatic carbocycles. The zero-order valence-electron chi connectivity index (χ0n) is 10.2. The van der Waals surface area contributed by atoms with Crippen LogP contribution in [0, 0.1) is 17.0 Å². The smallest absolute Gasteiger partial charge is 0.343 e. The molecule has 8 nitrogen and oxygen atoms in total. The van der Waals surface area contributed by atoms with Crippen molar-refractivity contribution in [3.8, 4) is 0 Å². The largest absolute Gasteiger partial charge is 0.441 e. The van der Waals surface area contributed by atoms with Gasteiger partial charge < -0.3 is 14.5 Å². The Morgan fingerprint density at radius 3 is 2.74 bits per heavy atom. The number of oxazole rings is 1. The van der Waals surface area contributed by atoms with Crippen LogP contribution in [-0.4, -0.2) is 28.5 Å². The Bertz CT molecular complexity index is 684. The average Bonchev–Trinajstić information content (AvgIpc) is 2.97. The van der Waals surface area contributed by atoms with Crippen LogP contribution < -0.4 is 0 Å². The molecule has 0 aliphatic heterocycles. The summed E-state index contributed by atoms with van der Waals surface area (Å²) in [5, 5.41) is 10.9. The summed E-state index contributed by atoms with van der Waals surface area (Å²) >= 11 is 0.149. The Morgan fingerprint density at radius 2 is 2.26 bits per heavy atom. The van der Waals surface area contributed by atoms with E-state index in [1.54, 1.807) is 13.8 Å². The Kier molecular flexibility index (Phi) is 3.56. The molecule has 0 fully saturated rings. The molecule has 9 heteroatoms. The average molecular weight is 282 g/mol. The lowest BCUT2D eigenvalue weighted by atomic mass is 10.4. The monoisotopic (exact) mass is 282 g/mol. The predicted molar refractivity (Wildman–Crippen MR) is 67.1 cm³/mol. The zero-order valence-corrected chi connectivity index (χ0v) is 11.0. The van der Waals surface area contributed by atoms with Crippen molar-refractivity contribution in [1.29, 1.82) is 0 Å². The Morgan fingerprint density at radius 1 is 1.53 bits per heavy atom. The van der Waals surface area contributed by atoms with Gasteiger partial charge in [0.2, 0.25) is 11.7 Å². The van der Waals surface area contributed by atoms with Crippen molar-refractivity contribution in [2.45, 2.75) is 20.4 Å². The maximum absolute atomic E-state index is 11.2. The summed E-state index contributed by atoms with van der Waals surface area (Å²) in [7, 11) is 0. The van der Waals surface area contributed by atoms with E-state index in [4.69, 9.17) is 4.42 Å². The minimum absolute atomic E-state index is 0.118. The molecule has 0 radical (unpaired) electrons. The molecule has 0 amide bonds. The summed E-state index contributed by atoms with van der Waals surface area (Å²) in [6.07, 6.45) is 2.59. The van der Waals surface area contributed by atoms with Crippen molar-refractivity contribution in [3.63, 3.8) is 0 Å². The van der Waals surface area contributed by atoms with Gasteiger partial charge in [-0.1, -0.05) is 0 Å². The molecule has 2 aromatic rings. The first-order valence-electron chi connectivity index (χ1n) is 5.38. The Hall–Kier alpha value is -2.29. The number of aromatic nitrogens is 3. The number of hydrogen-bond donors (Lipinski definition) is 0. The van der Waals surface area contributed by atoms with E-state index in [0.29, 0.717) is 12.3 Å². The van der Waals surface area contributed by atoms with Crippen molar-refractivity contribution < 1.29 is 13.5 Å². The molecule has 0 saturated heterocycles. The van der Waals surface area contributed by atoms with Gasteiger partial charge in [0.25, 0.3) is 0 Å². The fraction of sp³-hybridized carbons (Fsp3) is 0.300. The van der Waals surface area contributed by atoms with Crippen LogP contribution in [-0.2, 0) is 17.8 Å². The fourth-order valence-corrected chi connectivity index (χ4v) is 2.04. The maximum atomic E-state index is 11.2. The molecule has 0 aromatic carbocycles. The quantitative estimate of drug-likeness (QED) is 0.357. The van der Waals surface area contributed by atoms with Gasteiger partial charge in [-0.05, 0) is 18.8 Å². The number of hydrogen-bond acceptors (Lipinski definition) is 6. The van der Waals surface area contributed by atoms with Crippen LogP contribution in [0.25, 0.3) is 0 Å². The first-order chi connectivity index (χ1) is 9.08. The van der Waals surface area contributed by atoms with E-state index in [1.165, 1.54) is 10.8 Å². The van der Waals surface area contributed by atoms with Crippen molar-refractivity contribution in [1.82, 2.24) is 14.5 Å². The highest BCUT2D eigenvalue weighted by molar-refractivity contribution is 7.67. The van der Waals surface area contributed by atoms with E-state index in [0.717, 1.165) is 6.20 Å². The molecule has 0 unspecified atom stereocenters. The van der Waals surface area contributed by atoms with E-state index < -0.39 is 4.92 Å². The SMILES string of the molecule is CCn1c([N+](=O)[O-])cnc1C(=S=O)c1ncc(C)o1. The lowest BCUT2D eigenvalue weighted by Crippen LogP contribution is -2.13. The molecule has 2 rings (SSSR count). The van der Waals surface area contributed by atoms with E-state index in [2.05, 4.69) is 9.97 Å². The molecule has 0 atom stereocenters. The van der Waals surface area contributed by atoms with E-state index in [-0.39, 0.29) is 33.7 Å². The summed E-state index contributed by atoms with van der Waals surface area (Å²) in [6, 6.07) is 0. The van der Waals surface area contributed by atoms with Crippen molar-refractivity contribution in [2.75, 3.05) is 0 Å². The van der Waals surface area contributed by atoms with Gasteiger partial charge in [0, 0.05) is 0 Å². The fourth-order valence-electron chi connectivity index (χ4n) is 1.63. The van der Waals surface area contributed by atoms with Crippen LogP contribution in [0.15, 0.2) is 16.8 Å². The van der Waals surface area contributed by atoms with E-state index >= 15 is 0 Å². The highest BCUT2D eigenvalue weighted by Gasteiger charge is 2.26. The maximum Gasteiger partial charge on any atom is 0.343 e. The Balaban J connectivity index is 2.57. The predicted octanol–water partition coefficient (Wildman–Crippen LogP) is 0.889. The van der Waals surface area contributed by atoms with Crippen LogP contribution in [0.1, 0.15) is 24.4 Å². The number of nitrogens with zero attached hydrogens (tertiary/aromatic N) is 4. The lowest BCUT2D eigenvalue weighted by molar-refractivity contribution is -0.392. The third-order valence-corrected chi connectivity index (χ3v) is 2.96. The lowest BCUT2D eigenvalue weighted by Gasteiger charge is -2.00. The third-order valence-electron chi connectivity index (χ3n) is 2.44. The zero-order chi connectivity index (χ0) is 14.0. The minimum atomic E-state index is -0.548. The van der Waals surface area contributed by atoms with Gasteiger partial charge >= 0.3 is 5.82 Å². The van der Waals surface area contributed by atoms with E-state index in [1.807, 2.05) is 0 Å². The Labute approximate surface area is 111 Å². The third kappa shape index (κ3) is 2.32. The highest BCUT2D eigenvalue weighted by Crippen LogP contribution is 2.17. The van der Waals surface area contributed by atoms with E-state index in [9.17, 15) is 14.3 Å². The van der Waals surface area contributed by atoms with Gasteiger partial charge in [-0.2, -0.15) is 0 Å². The highest BCUT2D eigenvalue weighted by atomic mass is 32.1. The number of aryl methyl sites for hydroxylation is 1. The van der Waals surface area contributed by atoms with Crippen LogP contribution in [0.3, 0.4) is 0 Å². The number of nitro groups is 1. The molecule has 0 bridgehead atoms. The van der Waals surface area contributed by atoms with Gasteiger partial charge in [0.05, 0.1) is 12.7 Å². The van der Waals surface area contributed by atoms with Crippen LogP contribution in [0.2, 0.25) is 0 Å². The summed E-state index contributed by atoms with van der Waals surface area (Å²) in [4.78, 5) is 18.3. The van der Waals surface area contributed by atoms with Crippen LogP contribution in [0.5, 0.6) is 0 Å². The number of rotatable bonds is 4. The second-order valence-corrected chi connectivity index (χ2v) is 4.20. The topological polar surface area (TPSA) is 104 Å². The molecular weight excluding hydrogens is 272 g/mol. The summed E-state index contributed by atoms with van der Waals surface area (Å²) in [5.41, 5.74) is 0. The molecule has 2 aromatic heterocycles. The van der Waals surface area contributed by atoms with Crippen molar-refractivity contribution in [3.05, 3.63) is 40.0 Å². The molecule has 0 saturated carbocycles. The molecule has 2 heterocycles. The second-order valence-electron chi connectivity index (χ2n) is 3.63. The normalized spacial score (nSPS) is 10.4. The van der Waals surface area contributed by atoms with Gasteiger partial charge in [-0.15, -0.1) is 0 Å². The standard InChI is InChI=1S/C10H10N4O4S/c1-3-13-7(14(15)16)5-11-9(13)8(19-17)10-12-4-6(2)18-10/h4-5H,3H2,1-2H3. The van der Waals surface area contributed by atoms with Crippen molar-refractivity contribution in [2.24, 2.45) is 0 Å². The molecule has 100 valence electrons. The molecule has 0 N–H and O–H groups in total. The van der Waals surface area contributed by atoms with Crippen molar-refractivity contribution >= 4 is 21.9 Å². The van der Waals surface area contributed by atoms with Crippen LogP contribution >= 0.6 is 0 Å². The van der Waals surface area contributed by atoms with Gasteiger partial charge in [0.1, 0.15) is 23.2 Å². The van der Waals surface area contributed by atoms with Gasteiger partial charge in [-0.25, -0.2) is 18.7 Å². The first-order valence-corrected chi connectivity index (χ1v) is 6.12. The molecular formula is C10H10N4O4S. The number of imidazole rings is 1. The summed E-state index contributed by atoms with van der Waals surface area (Å²) in [5.74, 6) is 0.682. The van der Waals surface area contributed by atoms with Gasteiger partial charge in [-0.3, -0.25) is 0 Å². The molecule has 0 spiro atoms. The van der Waals surface area contributed by atoms with Gasteiger partial charge in [0.15, 0.2) is 4.86 Å². The second kappa shape index (κ2) is 5.14. The molecule has 0 aliphatic rings.